The van der Waals surface area contributed by atoms with Crippen LogP contribution in [-0.2, 0) is 49.8 Å². The average molecular weight is 1340 g/mol. The number of nitrogens with zero attached hydrogens (tertiary/aromatic N) is 3. The molecule has 11 N–H and O–H groups in total. The lowest BCUT2D eigenvalue weighted by atomic mass is 9.79. The van der Waals surface area contributed by atoms with Crippen molar-refractivity contribution in [3.63, 3.8) is 0 Å². The molecule has 0 unspecified atom stereocenters. The Morgan fingerprint density at radius 1 is 0.531 bits per heavy atom. The molecule has 9 atom stereocenters. The molecule has 7 aromatic rings. The first-order valence-electron chi connectivity index (χ1n) is 33.4. The molecule has 3 spiro atoms. The van der Waals surface area contributed by atoms with Gasteiger partial charge in [-0.15, -0.1) is 0 Å². The number of aliphatic hydroxyl groups excluding tert-OH is 2. The lowest BCUT2D eigenvalue weighted by molar-refractivity contribution is -0.137. The van der Waals surface area contributed by atoms with E-state index >= 15 is 0 Å². The second kappa shape index (κ2) is 28.3. The molecule has 6 aliphatic heterocycles. The molecular weight excluding hydrogens is 1250 g/mol. The second-order valence-electron chi connectivity index (χ2n) is 27.9. The zero-order valence-corrected chi connectivity index (χ0v) is 56.4. The van der Waals surface area contributed by atoms with Gasteiger partial charge in [0.1, 0.15) is 41.3 Å². The highest BCUT2D eigenvalue weighted by Gasteiger charge is 2.59. The highest BCUT2D eigenvalue weighted by atomic mass is 16.5. The number of aldehydes is 1. The number of hydrogen-bond donors (Lipinski definition) is 10. The zero-order chi connectivity index (χ0) is 70.1. The minimum atomic E-state index is -0.988. The van der Waals surface area contributed by atoms with Crippen LogP contribution in [0.3, 0.4) is 0 Å². The normalized spacial score (nSPS) is 22.7. The summed E-state index contributed by atoms with van der Waals surface area (Å²) in [6, 6.07) is 32.8. The van der Waals surface area contributed by atoms with Crippen LogP contribution in [0.4, 0.5) is 17.1 Å². The standard InChI is InChI=1S/C28H32N4O5.C28H30N4O5.C18H25N3O3/c2*1-16(2)11-23(30-25(34)22-12-18-20(29-22)9-6-10-24(18)37-3)26(35)32-15-28(13-17(32)14-33)19-7-4-5-8-21(19)31-27(28)36;1-11(2)7-14(19)16(23)21-10-18(8-12(21)9-22)13-5-3-4-6-15(13)20-17(18)24/h4-10,12,16-17,23,29,33H,11,13-15H2,1-3H3,(H,30,34)(H,31,36);4-10,12,14,16-17,23,29H,11,13,15H2,1-3H3,(H,30,34)(H,31,36);3-6,11-12,14,22H,7-10,19H2,1-2H3,(H,20,24)/t2*17-,23-,28-;12-,14-,18-/m000/s1. The van der Waals surface area contributed by atoms with E-state index in [2.05, 4.69) is 36.6 Å². The van der Waals surface area contributed by atoms with Crippen LogP contribution in [0, 0.1) is 17.8 Å². The maximum absolute atomic E-state index is 13.9. The summed E-state index contributed by atoms with van der Waals surface area (Å²) in [5.74, 6) is -0.379. The molecule has 2 aromatic heterocycles. The summed E-state index contributed by atoms with van der Waals surface area (Å²) in [5.41, 5.74) is 10.2. The fraction of sp³-hybridized carbons (Fsp3) is 0.419. The molecule has 6 aliphatic rings. The lowest BCUT2D eigenvalue weighted by Gasteiger charge is -2.29. The van der Waals surface area contributed by atoms with Crippen molar-refractivity contribution in [3.8, 4) is 11.5 Å². The lowest BCUT2D eigenvalue weighted by Crippen LogP contribution is -2.52. The van der Waals surface area contributed by atoms with Crippen molar-refractivity contribution < 1.29 is 62.8 Å². The zero-order valence-electron chi connectivity index (χ0n) is 56.4. The third-order valence-corrected chi connectivity index (χ3v) is 20.0. The van der Waals surface area contributed by atoms with Crippen LogP contribution in [0.15, 0.2) is 121 Å². The molecule has 0 saturated carbocycles. The molecule has 516 valence electrons. The SMILES string of the molecule is CC(C)C[C@H](N)C(=O)N1C[C@]2(C[C@H]1CO)C(=O)Nc1ccccc12.COc1cccc2[nH]c(C(=O)N[C@@H](CC(C)C)C(=O)N3C[C@]4(C[C@H]3C=O)C(=O)Nc3ccccc34)cc12.COc1cccc2[nH]c(C(=O)N[C@@H](CC(C)C)C(=O)N3C[C@]4(C[C@H]3CO)C(=O)Nc3ccccc34)cc12. The van der Waals surface area contributed by atoms with E-state index < -0.39 is 58.3 Å². The molecule has 0 bridgehead atoms. The summed E-state index contributed by atoms with van der Waals surface area (Å²) in [6.45, 7) is 12.0. The van der Waals surface area contributed by atoms with Crippen molar-refractivity contribution in [2.24, 2.45) is 23.5 Å². The van der Waals surface area contributed by atoms with Crippen LogP contribution in [0.25, 0.3) is 21.8 Å². The fourth-order valence-corrected chi connectivity index (χ4v) is 15.3. The number of H-pyrrole nitrogens is 2. The van der Waals surface area contributed by atoms with E-state index in [0.29, 0.717) is 66.6 Å². The highest BCUT2D eigenvalue weighted by Crippen LogP contribution is 2.49. The predicted octanol–water partition coefficient (Wildman–Crippen LogP) is 6.66. The molecule has 24 heteroatoms. The molecule has 3 saturated heterocycles. The Morgan fingerprint density at radius 2 is 0.898 bits per heavy atom. The van der Waals surface area contributed by atoms with Crippen LogP contribution in [0.1, 0.15) is 118 Å². The second-order valence-corrected chi connectivity index (χ2v) is 27.9. The molecule has 98 heavy (non-hydrogen) atoms. The Kier molecular flexibility index (Phi) is 20.0. The largest absolute Gasteiger partial charge is 0.496 e. The van der Waals surface area contributed by atoms with Gasteiger partial charge < -0.3 is 81.5 Å². The van der Waals surface area contributed by atoms with Gasteiger partial charge in [-0.1, -0.05) is 108 Å². The van der Waals surface area contributed by atoms with E-state index in [0.717, 1.165) is 56.2 Å². The van der Waals surface area contributed by atoms with Crippen LogP contribution in [0.2, 0.25) is 0 Å². The number of aliphatic hydroxyl groups is 2. The smallest absolute Gasteiger partial charge is 0.268 e. The van der Waals surface area contributed by atoms with Crippen molar-refractivity contribution in [1.82, 2.24) is 35.3 Å². The number of aromatic amines is 2. The molecule has 5 aromatic carbocycles. The minimum Gasteiger partial charge on any atom is -0.496 e. The van der Waals surface area contributed by atoms with E-state index in [-0.39, 0.29) is 92.6 Å². The van der Waals surface area contributed by atoms with E-state index in [1.54, 1.807) is 36.2 Å². The quantitative estimate of drug-likeness (QED) is 0.0402. The number of fused-ring (bicyclic) bond motifs is 8. The Labute approximate surface area is 568 Å². The van der Waals surface area contributed by atoms with Crippen LogP contribution < -0.4 is 41.8 Å². The minimum absolute atomic E-state index is 0.0755. The van der Waals surface area contributed by atoms with Gasteiger partial charge in [0.25, 0.3) is 11.8 Å². The molecule has 3 fully saturated rings. The van der Waals surface area contributed by atoms with Crippen LogP contribution >= 0.6 is 0 Å². The van der Waals surface area contributed by atoms with E-state index in [9.17, 15) is 53.4 Å². The van der Waals surface area contributed by atoms with Gasteiger partial charge in [-0.25, -0.2) is 0 Å². The van der Waals surface area contributed by atoms with Gasteiger partial charge in [0, 0.05) is 58.5 Å². The first-order chi connectivity index (χ1) is 46.9. The maximum atomic E-state index is 13.9. The predicted molar refractivity (Wildman–Crippen MR) is 369 cm³/mol. The van der Waals surface area contributed by atoms with Gasteiger partial charge in [0.05, 0.1) is 67.8 Å². The van der Waals surface area contributed by atoms with Gasteiger partial charge in [-0.3, -0.25) is 38.4 Å². The third-order valence-electron chi connectivity index (χ3n) is 20.0. The number of rotatable bonds is 18. The average Bonchev–Trinajstić information content (AvgIpc) is 1.59. The van der Waals surface area contributed by atoms with Crippen LogP contribution in [0.5, 0.6) is 11.5 Å². The highest BCUT2D eigenvalue weighted by molar-refractivity contribution is 6.10. The number of para-hydroxylation sites is 3. The molecule has 13 rings (SSSR count). The summed E-state index contributed by atoms with van der Waals surface area (Å²) in [4.78, 5) is 129. The monoisotopic (exact) mass is 1340 g/mol. The molecular formula is C74H87N11O13. The number of nitrogens with one attached hydrogen (secondary N) is 7. The summed E-state index contributed by atoms with van der Waals surface area (Å²) in [6.07, 6.45) is 3.05. The Morgan fingerprint density at radius 3 is 1.28 bits per heavy atom. The van der Waals surface area contributed by atoms with Crippen molar-refractivity contribution in [2.45, 2.75) is 133 Å². The molecule has 8 heterocycles. The van der Waals surface area contributed by atoms with Gasteiger partial charge in [-0.05, 0) is 128 Å². The number of anilines is 3. The number of methoxy groups -OCH3 is 2. The van der Waals surface area contributed by atoms with Gasteiger partial charge in [-0.2, -0.15) is 0 Å². The first-order valence-corrected chi connectivity index (χ1v) is 33.4. The Hall–Kier alpha value is -9.91. The van der Waals surface area contributed by atoms with E-state index in [1.165, 1.54) is 4.90 Å². The summed E-state index contributed by atoms with van der Waals surface area (Å²) < 4.78 is 10.8. The van der Waals surface area contributed by atoms with Gasteiger partial charge in [0.2, 0.25) is 35.4 Å². The van der Waals surface area contributed by atoms with Crippen molar-refractivity contribution >= 4 is 92.4 Å². The number of hydrogen-bond acceptors (Lipinski definition) is 14. The Balaban J connectivity index is 0.000000153. The number of benzene rings is 5. The van der Waals surface area contributed by atoms with Crippen molar-refractivity contribution in [3.05, 3.63) is 149 Å². The maximum Gasteiger partial charge on any atom is 0.268 e. The number of carbonyl (C=O) groups is 9. The number of amides is 8. The van der Waals surface area contributed by atoms with Crippen molar-refractivity contribution in [2.75, 3.05) is 63.0 Å². The Bertz CT molecular complexity index is 4240. The van der Waals surface area contributed by atoms with Crippen LogP contribution in [-0.4, -0.2) is 172 Å². The molecule has 8 amide bonds. The fourth-order valence-electron chi connectivity index (χ4n) is 15.3. The van der Waals surface area contributed by atoms with E-state index in [4.69, 9.17) is 15.2 Å². The number of aromatic nitrogens is 2. The third kappa shape index (κ3) is 13.0. The van der Waals surface area contributed by atoms with Gasteiger partial charge >= 0.3 is 0 Å². The number of ether oxygens (including phenoxy) is 2. The topological polar surface area (TPSA) is 340 Å². The van der Waals surface area contributed by atoms with Crippen molar-refractivity contribution in [1.29, 1.82) is 0 Å². The van der Waals surface area contributed by atoms with Gasteiger partial charge in [0.15, 0.2) is 0 Å². The number of carbonyl (C=O) groups excluding carboxylic acids is 9. The number of nitrogens with two attached hydrogens (primary N) is 1. The van der Waals surface area contributed by atoms with E-state index in [1.807, 2.05) is 151 Å². The summed E-state index contributed by atoms with van der Waals surface area (Å²) in [7, 11) is 3.14. The molecule has 0 aliphatic carbocycles. The first kappa shape index (κ1) is 69.4. The molecule has 0 radical (unpaired) electrons. The summed E-state index contributed by atoms with van der Waals surface area (Å²) in [5, 5.41) is 36.0. The summed E-state index contributed by atoms with van der Waals surface area (Å²) >= 11 is 0. The molecule has 24 nitrogen and oxygen atoms in total. The number of likely N-dealkylation sites (tertiary alicyclic amines) is 3.